The van der Waals surface area contributed by atoms with Gasteiger partial charge in [0.25, 0.3) is 0 Å². The van der Waals surface area contributed by atoms with Gasteiger partial charge < -0.3 is 0 Å². The second kappa shape index (κ2) is 1.73. The van der Waals surface area contributed by atoms with Crippen LogP contribution >= 0.6 is 15.9 Å². The number of alkyl halides is 1. The third kappa shape index (κ3) is 0.637. The minimum absolute atomic E-state index is 0.890. The van der Waals surface area contributed by atoms with Crippen LogP contribution in [0.5, 0.6) is 0 Å². The predicted molar refractivity (Wildman–Crippen MR) is 38.2 cm³/mol. The standard InChI is InChI=1S/C7H11Br/c8-7-4-5-1-2-6(7)3-5/h5-7H,1-4H2/t5?,6-,7?/m1/s1. The summed E-state index contributed by atoms with van der Waals surface area (Å²) in [5.74, 6) is 2.16. The van der Waals surface area contributed by atoms with Crippen molar-refractivity contribution < 1.29 is 0 Å². The van der Waals surface area contributed by atoms with Crippen molar-refractivity contribution in [3.05, 3.63) is 0 Å². The van der Waals surface area contributed by atoms with Gasteiger partial charge in [-0.15, -0.1) is 0 Å². The lowest BCUT2D eigenvalue weighted by atomic mass is 10.0. The van der Waals surface area contributed by atoms with Crippen LogP contribution in [0, 0.1) is 11.8 Å². The second-order valence-electron chi connectivity index (χ2n) is 3.19. The van der Waals surface area contributed by atoms with Gasteiger partial charge in [-0.25, -0.2) is 0 Å². The summed E-state index contributed by atoms with van der Waals surface area (Å²) in [4.78, 5) is 0.890. The van der Waals surface area contributed by atoms with E-state index in [2.05, 4.69) is 15.9 Å². The third-order valence-corrected chi connectivity index (χ3v) is 3.77. The van der Waals surface area contributed by atoms with E-state index in [1.54, 1.807) is 0 Å². The van der Waals surface area contributed by atoms with Gasteiger partial charge in [-0.2, -0.15) is 0 Å². The first-order valence-electron chi connectivity index (χ1n) is 3.50. The van der Waals surface area contributed by atoms with Crippen LogP contribution in [-0.4, -0.2) is 4.83 Å². The Kier molecular flexibility index (Phi) is 1.14. The monoisotopic (exact) mass is 174 g/mol. The molecule has 2 rings (SSSR count). The lowest BCUT2D eigenvalue weighted by Crippen LogP contribution is -2.07. The van der Waals surface area contributed by atoms with Crippen LogP contribution in [0.4, 0.5) is 0 Å². The highest BCUT2D eigenvalue weighted by Crippen LogP contribution is 2.47. The van der Waals surface area contributed by atoms with Crippen molar-refractivity contribution >= 4 is 15.9 Å². The van der Waals surface area contributed by atoms with E-state index in [1.165, 1.54) is 25.7 Å². The van der Waals surface area contributed by atoms with Crippen LogP contribution in [-0.2, 0) is 0 Å². The molecule has 2 unspecified atom stereocenters. The molecule has 0 aromatic carbocycles. The first-order valence-corrected chi connectivity index (χ1v) is 4.42. The number of hydrogen-bond acceptors (Lipinski definition) is 0. The molecule has 0 saturated heterocycles. The Balaban J connectivity index is 2.11. The summed E-state index contributed by atoms with van der Waals surface area (Å²) in [5, 5.41) is 0. The van der Waals surface area contributed by atoms with E-state index < -0.39 is 0 Å². The molecule has 0 aromatic heterocycles. The maximum absolute atomic E-state index is 3.70. The maximum atomic E-state index is 3.70. The molecule has 2 aliphatic carbocycles. The molecule has 46 valence electrons. The highest BCUT2D eigenvalue weighted by Gasteiger charge is 2.37. The number of hydrogen-bond donors (Lipinski definition) is 0. The van der Waals surface area contributed by atoms with Crippen LogP contribution in [0.25, 0.3) is 0 Å². The fraction of sp³-hybridized carbons (Fsp3) is 1.00. The molecule has 0 heterocycles. The maximum Gasteiger partial charge on any atom is 0.0176 e. The minimum atomic E-state index is 0.890. The Labute approximate surface area is 58.8 Å². The molecule has 8 heavy (non-hydrogen) atoms. The largest absolute Gasteiger partial charge is 0.0888 e. The van der Waals surface area contributed by atoms with E-state index >= 15 is 0 Å². The number of halogens is 1. The molecule has 1 heteroatoms. The molecule has 0 amide bonds. The molecule has 0 N–H and O–H groups in total. The van der Waals surface area contributed by atoms with Crippen molar-refractivity contribution in [2.45, 2.75) is 30.5 Å². The zero-order valence-electron chi connectivity index (χ0n) is 4.94. The summed E-state index contributed by atoms with van der Waals surface area (Å²) >= 11 is 3.70. The van der Waals surface area contributed by atoms with Gasteiger partial charge in [0.1, 0.15) is 0 Å². The summed E-state index contributed by atoms with van der Waals surface area (Å²) in [7, 11) is 0. The van der Waals surface area contributed by atoms with Gasteiger partial charge in [-0.3, -0.25) is 0 Å². The average molecular weight is 175 g/mol. The van der Waals surface area contributed by atoms with Crippen LogP contribution in [0.3, 0.4) is 0 Å². The SMILES string of the molecule is BrC1CC2CC[C@@H]1C2. The normalized spacial score (nSPS) is 52.9. The van der Waals surface area contributed by atoms with Crippen LogP contribution < -0.4 is 0 Å². The van der Waals surface area contributed by atoms with E-state index in [4.69, 9.17) is 0 Å². The molecule has 2 aliphatic rings. The molecule has 3 atom stereocenters. The Morgan fingerprint density at radius 3 is 2.25 bits per heavy atom. The van der Waals surface area contributed by atoms with Crippen molar-refractivity contribution in [1.82, 2.24) is 0 Å². The molecular weight excluding hydrogens is 164 g/mol. The van der Waals surface area contributed by atoms with Crippen molar-refractivity contribution in [3.63, 3.8) is 0 Å². The fourth-order valence-corrected chi connectivity index (χ4v) is 3.18. The smallest absolute Gasteiger partial charge is 0.0176 e. The van der Waals surface area contributed by atoms with Gasteiger partial charge in [-0.05, 0) is 31.1 Å². The molecule has 0 nitrogen and oxygen atoms in total. The quantitative estimate of drug-likeness (QED) is 0.496. The zero-order valence-corrected chi connectivity index (χ0v) is 6.52. The lowest BCUT2D eigenvalue weighted by Gasteiger charge is -2.13. The third-order valence-electron chi connectivity index (χ3n) is 2.65. The molecule has 0 aliphatic heterocycles. The summed E-state index contributed by atoms with van der Waals surface area (Å²) in [6, 6.07) is 0. The van der Waals surface area contributed by atoms with E-state index in [1.807, 2.05) is 0 Å². The molecule has 0 radical (unpaired) electrons. The van der Waals surface area contributed by atoms with Gasteiger partial charge in [0.15, 0.2) is 0 Å². The van der Waals surface area contributed by atoms with Crippen LogP contribution in [0.2, 0.25) is 0 Å². The summed E-state index contributed by atoms with van der Waals surface area (Å²) in [6.07, 6.45) is 6.01. The Bertz CT molecular complexity index is 98.6. The predicted octanol–water partition coefficient (Wildman–Crippen LogP) is 2.57. The van der Waals surface area contributed by atoms with Gasteiger partial charge >= 0.3 is 0 Å². The first kappa shape index (κ1) is 5.28. The van der Waals surface area contributed by atoms with Gasteiger partial charge in [0.2, 0.25) is 0 Å². The van der Waals surface area contributed by atoms with Gasteiger partial charge in [0, 0.05) is 4.83 Å². The van der Waals surface area contributed by atoms with Crippen LogP contribution in [0.1, 0.15) is 25.7 Å². The fourth-order valence-electron chi connectivity index (χ4n) is 2.17. The first-order chi connectivity index (χ1) is 3.86. The van der Waals surface area contributed by atoms with E-state index in [0.717, 1.165) is 16.7 Å². The summed E-state index contributed by atoms with van der Waals surface area (Å²) < 4.78 is 0. The molecule has 0 spiro atoms. The molecule has 2 fully saturated rings. The highest BCUT2D eigenvalue weighted by atomic mass is 79.9. The van der Waals surface area contributed by atoms with Crippen LogP contribution in [0.15, 0.2) is 0 Å². The molecule has 2 saturated carbocycles. The highest BCUT2D eigenvalue weighted by molar-refractivity contribution is 9.09. The second-order valence-corrected chi connectivity index (χ2v) is 4.37. The average Bonchev–Trinajstić information content (AvgIpc) is 2.23. The Morgan fingerprint density at radius 2 is 2.00 bits per heavy atom. The number of fused-ring (bicyclic) bond motifs is 2. The van der Waals surface area contributed by atoms with Gasteiger partial charge in [-0.1, -0.05) is 22.4 Å². The van der Waals surface area contributed by atoms with Gasteiger partial charge in [0.05, 0.1) is 0 Å². The molecule has 0 aromatic rings. The van der Waals surface area contributed by atoms with Crippen molar-refractivity contribution in [1.29, 1.82) is 0 Å². The van der Waals surface area contributed by atoms with E-state index in [9.17, 15) is 0 Å². The van der Waals surface area contributed by atoms with Crippen molar-refractivity contribution in [2.24, 2.45) is 11.8 Å². The Hall–Kier alpha value is 0.480. The minimum Gasteiger partial charge on any atom is -0.0888 e. The topological polar surface area (TPSA) is 0 Å². The number of rotatable bonds is 0. The van der Waals surface area contributed by atoms with Crippen molar-refractivity contribution in [2.75, 3.05) is 0 Å². The Morgan fingerprint density at radius 1 is 1.12 bits per heavy atom. The molecular formula is C7H11Br. The lowest BCUT2D eigenvalue weighted by molar-refractivity contribution is 0.497. The summed E-state index contributed by atoms with van der Waals surface area (Å²) in [6.45, 7) is 0. The van der Waals surface area contributed by atoms with E-state index in [0.29, 0.717) is 0 Å². The molecule has 2 bridgehead atoms. The van der Waals surface area contributed by atoms with Crippen molar-refractivity contribution in [3.8, 4) is 0 Å². The van der Waals surface area contributed by atoms with E-state index in [-0.39, 0.29) is 0 Å². The summed E-state index contributed by atoms with van der Waals surface area (Å²) in [5.41, 5.74) is 0. The zero-order chi connectivity index (χ0) is 5.56.